The van der Waals surface area contributed by atoms with E-state index in [-0.39, 0.29) is 12.8 Å². The molecule has 0 aromatic heterocycles. The lowest BCUT2D eigenvalue weighted by Gasteiger charge is -1.97. The van der Waals surface area contributed by atoms with Gasteiger partial charge in [-0.05, 0) is 23.8 Å². The molecule has 6 N–H and O–H groups in total. The monoisotopic (exact) mass is 311 g/mol. The highest BCUT2D eigenvalue weighted by atomic mass is 16.9. The molecule has 0 unspecified atom stereocenters. The van der Waals surface area contributed by atoms with Gasteiger partial charge in [0.1, 0.15) is 0 Å². The summed E-state index contributed by atoms with van der Waals surface area (Å²) < 4.78 is 10.4. The van der Waals surface area contributed by atoms with Crippen LogP contribution in [0.15, 0.2) is 29.4 Å². The van der Waals surface area contributed by atoms with E-state index in [0.29, 0.717) is 11.5 Å². The number of nitrogens with one attached hydrogen (secondary N) is 1. The number of hydrogen-bond acceptors (Lipinski definition) is 6. The van der Waals surface area contributed by atoms with Gasteiger partial charge in [-0.1, -0.05) is 6.07 Å². The Labute approximate surface area is 123 Å². The Bertz CT molecular complexity index is 607. The first-order valence-corrected chi connectivity index (χ1v) is 5.68. The summed E-state index contributed by atoms with van der Waals surface area (Å²) in [4.78, 5) is 19.6. The number of hydrogen-bond donors (Lipinski definition) is 4. The normalized spacial score (nSPS) is 11.3. The number of guanidine groups is 1. The molecule has 1 aliphatic heterocycles. The Hall–Kier alpha value is -3.50. The zero-order valence-corrected chi connectivity index (χ0v) is 11.1. The van der Waals surface area contributed by atoms with Crippen LogP contribution in [0, 0.1) is 10.1 Å². The summed E-state index contributed by atoms with van der Waals surface area (Å²) in [6, 6.07) is 5.35. The predicted molar refractivity (Wildman–Crippen MR) is 74.3 cm³/mol. The minimum absolute atomic E-state index is 0.208. The molecule has 0 radical (unpaired) electrons. The lowest BCUT2D eigenvalue weighted by atomic mass is 10.2. The molecule has 0 aliphatic carbocycles. The van der Waals surface area contributed by atoms with Crippen molar-refractivity contribution in [2.45, 2.75) is 0 Å². The van der Waals surface area contributed by atoms with Crippen LogP contribution in [0.5, 0.6) is 11.5 Å². The average molecular weight is 311 g/mol. The van der Waals surface area contributed by atoms with Crippen LogP contribution in [-0.4, -0.2) is 29.0 Å². The van der Waals surface area contributed by atoms with Crippen LogP contribution in [0.3, 0.4) is 0 Å². The maximum absolute atomic E-state index is 11.3. The van der Waals surface area contributed by atoms with Crippen molar-refractivity contribution in [1.82, 2.24) is 5.43 Å². The average Bonchev–Trinajstić information content (AvgIpc) is 2.89. The topological polar surface area (TPSA) is 175 Å². The van der Waals surface area contributed by atoms with E-state index in [0.717, 1.165) is 5.56 Å². The second kappa shape index (κ2) is 7.94. The molecule has 0 spiro atoms. The number of fused-ring (bicyclic) bond motifs is 1. The Balaban J connectivity index is 0.000000541. The van der Waals surface area contributed by atoms with Gasteiger partial charge in [0, 0.05) is 6.08 Å². The van der Waals surface area contributed by atoms with E-state index in [2.05, 4.69) is 10.5 Å². The van der Waals surface area contributed by atoms with E-state index in [1.54, 1.807) is 24.3 Å². The number of nitrogens with two attached hydrogens (primary N) is 2. The molecule has 1 amide bonds. The van der Waals surface area contributed by atoms with E-state index in [4.69, 9.17) is 36.3 Å². The summed E-state index contributed by atoms with van der Waals surface area (Å²) in [5.41, 5.74) is 13.1. The molecule has 22 heavy (non-hydrogen) atoms. The highest BCUT2D eigenvalue weighted by Crippen LogP contribution is 2.32. The molecule has 11 heteroatoms. The number of amides is 1. The van der Waals surface area contributed by atoms with Gasteiger partial charge in [0.25, 0.3) is 11.0 Å². The molecular weight excluding hydrogens is 298 g/mol. The van der Waals surface area contributed by atoms with E-state index in [9.17, 15) is 4.79 Å². The highest BCUT2D eigenvalue weighted by molar-refractivity contribution is 5.92. The number of ether oxygens (including phenoxy) is 2. The maximum Gasteiger partial charge on any atom is 0.291 e. The van der Waals surface area contributed by atoms with Crippen LogP contribution in [0.1, 0.15) is 5.56 Å². The van der Waals surface area contributed by atoms with Gasteiger partial charge in [-0.25, -0.2) is 5.43 Å². The van der Waals surface area contributed by atoms with Gasteiger partial charge in [-0.2, -0.15) is 0 Å². The molecule has 0 atom stereocenters. The zero-order valence-electron chi connectivity index (χ0n) is 11.1. The summed E-state index contributed by atoms with van der Waals surface area (Å²) >= 11 is 0. The highest BCUT2D eigenvalue weighted by Gasteiger charge is 2.12. The molecule has 2 rings (SSSR count). The predicted octanol–water partition coefficient (Wildman–Crippen LogP) is -0.615. The van der Waals surface area contributed by atoms with Crippen molar-refractivity contribution < 1.29 is 24.6 Å². The van der Waals surface area contributed by atoms with Crippen LogP contribution < -0.4 is 26.4 Å². The SMILES string of the molecule is NC(N)=NNC(=O)/C=C/c1ccc2c(c1)OCO2.O=[N+]([O-])O. The lowest BCUT2D eigenvalue weighted by molar-refractivity contribution is -0.742. The number of rotatable bonds is 3. The summed E-state index contributed by atoms with van der Waals surface area (Å²) in [6.45, 7) is 0.216. The van der Waals surface area contributed by atoms with Gasteiger partial charge >= 0.3 is 0 Å². The summed E-state index contributed by atoms with van der Waals surface area (Å²) in [6.07, 6.45) is 2.92. The fourth-order valence-corrected chi connectivity index (χ4v) is 1.35. The third kappa shape index (κ3) is 6.10. The van der Waals surface area contributed by atoms with E-state index in [1.165, 1.54) is 6.08 Å². The van der Waals surface area contributed by atoms with Crippen LogP contribution in [0.25, 0.3) is 6.08 Å². The molecule has 0 saturated carbocycles. The summed E-state index contributed by atoms with van der Waals surface area (Å²) in [5.74, 6) is 0.708. The second-order valence-electron chi connectivity index (χ2n) is 3.70. The molecule has 118 valence electrons. The van der Waals surface area contributed by atoms with Crippen LogP contribution >= 0.6 is 0 Å². The Morgan fingerprint density at radius 3 is 2.68 bits per heavy atom. The number of benzene rings is 1. The van der Waals surface area contributed by atoms with Crippen molar-refractivity contribution in [1.29, 1.82) is 0 Å². The number of carbonyl (C=O) groups excluding carboxylic acids is 1. The van der Waals surface area contributed by atoms with Crippen molar-refractivity contribution in [3.63, 3.8) is 0 Å². The van der Waals surface area contributed by atoms with E-state index >= 15 is 0 Å². The van der Waals surface area contributed by atoms with Crippen LogP contribution in [0.4, 0.5) is 0 Å². The smallest absolute Gasteiger partial charge is 0.291 e. The summed E-state index contributed by atoms with van der Waals surface area (Å²) in [7, 11) is 0. The van der Waals surface area contributed by atoms with Gasteiger partial charge < -0.3 is 26.1 Å². The second-order valence-corrected chi connectivity index (χ2v) is 3.70. The fourth-order valence-electron chi connectivity index (χ4n) is 1.35. The molecule has 1 aromatic carbocycles. The Morgan fingerprint density at radius 2 is 2.05 bits per heavy atom. The van der Waals surface area contributed by atoms with Crippen molar-refractivity contribution in [3.05, 3.63) is 40.0 Å². The summed E-state index contributed by atoms with van der Waals surface area (Å²) in [5, 5.41) is 17.0. The van der Waals surface area contributed by atoms with Crippen molar-refractivity contribution >= 4 is 17.9 Å². The number of carbonyl (C=O) groups is 1. The van der Waals surface area contributed by atoms with Gasteiger partial charge in [-0.15, -0.1) is 15.2 Å². The third-order valence-corrected chi connectivity index (χ3v) is 2.12. The number of hydrazone groups is 1. The van der Waals surface area contributed by atoms with Crippen molar-refractivity contribution in [2.24, 2.45) is 16.6 Å². The van der Waals surface area contributed by atoms with Crippen molar-refractivity contribution in [2.75, 3.05) is 6.79 Å². The maximum atomic E-state index is 11.3. The van der Waals surface area contributed by atoms with Crippen molar-refractivity contribution in [3.8, 4) is 11.5 Å². The Morgan fingerprint density at radius 1 is 1.41 bits per heavy atom. The number of nitrogens with zero attached hydrogens (tertiary/aromatic N) is 2. The quantitative estimate of drug-likeness (QED) is 0.188. The fraction of sp³-hybridized carbons (Fsp3) is 0.0909. The molecule has 11 nitrogen and oxygen atoms in total. The standard InChI is InChI=1S/C11H12N4O3.HNO3/c12-11(13)15-14-10(16)4-2-7-1-3-8-9(5-7)18-6-17-8;2-1(3)4/h1-5H,6H2,(H,14,16)(H4,12,13,15);(H,2,3,4)/b4-2+;. The zero-order chi connectivity index (χ0) is 16.5. The van der Waals surface area contributed by atoms with Crippen LogP contribution in [0.2, 0.25) is 0 Å². The minimum Gasteiger partial charge on any atom is -0.454 e. The molecule has 1 aromatic rings. The third-order valence-electron chi connectivity index (χ3n) is 2.12. The largest absolute Gasteiger partial charge is 0.454 e. The Kier molecular flexibility index (Phi) is 5.97. The van der Waals surface area contributed by atoms with Gasteiger partial charge in [-0.3, -0.25) is 4.79 Å². The molecule has 0 bridgehead atoms. The van der Waals surface area contributed by atoms with E-state index < -0.39 is 11.0 Å². The lowest BCUT2D eigenvalue weighted by Crippen LogP contribution is -2.28. The van der Waals surface area contributed by atoms with Gasteiger partial charge in [0.15, 0.2) is 11.5 Å². The molecule has 0 saturated heterocycles. The van der Waals surface area contributed by atoms with Crippen LogP contribution in [-0.2, 0) is 4.79 Å². The first-order valence-electron chi connectivity index (χ1n) is 5.68. The minimum atomic E-state index is -1.50. The molecule has 1 aliphatic rings. The van der Waals surface area contributed by atoms with Gasteiger partial charge in [0.2, 0.25) is 12.8 Å². The molecular formula is C11H13N5O6. The first-order chi connectivity index (χ1) is 10.4. The molecule has 0 fully saturated rings. The molecule has 1 heterocycles. The van der Waals surface area contributed by atoms with E-state index in [1.807, 2.05) is 0 Å². The van der Waals surface area contributed by atoms with Gasteiger partial charge in [0.05, 0.1) is 0 Å². The first kappa shape index (κ1) is 16.6.